The molecule has 1 fully saturated rings. The lowest BCUT2D eigenvalue weighted by Crippen LogP contribution is -2.52. The number of aliphatic imine (C=N–C) groups is 1. The van der Waals surface area contributed by atoms with Gasteiger partial charge in [0.05, 0.1) is 5.69 Å². The molecule has 6 nitrogen and oxygen atoms in total. The molecule has 1 saturated heterocycles. The Morgan fingerprint density at radius 3 is 2.53 bits per heavy atom. The maximum Gasteiger partial charge on any atom is 0.194 e. The number of guanidine groups is 1. The Hall–Kier alpha value is -3.35. The van der Waals surface area contributed by atoms with Crippen molar-refractivity contribution < 1.29 is 4.39 Å². The number of imidazole rings is 1. The minimum atomic E-state index is -0.160. The Bertz CT molecular complexity index is 1010. The molecule has 0 atom stereocenters. The van der Waals surface area contributed by atoms with Crippen molar-refractivity contribution in [1.29, 1.82) is 0 Å². The van der Waals surface area contributed by atoms with E-state index in [0.717, 1.165) is 57.5 Å². The molecule has 0 amide bonds. The highest BCUT2D eigenvalue weighted by Gasteiger charge is 2.21. The molecule has 1 aromatic heterocycles. The SMILES string of the molecule is CCNC(=NCCc1nccn1Cc1ccccc1)N1CCN(c2ccccc2F)CC1. The van der Waals surface area contributed by atoms with E-state index < -0.39 is 0 Å². The first-order valence-electron chi connectivity index (χ1n) is 11.3. The monoisotopic (exact) mass is 434 g/mol. The molecule has 1 N–H and O–H groups in total. The zero-order valence-electron chi connectivity index (χ0n) is 18.6. The predicted molar refractivity (Wildman–Crippen MR) is 128 cm³/mol. The van der Waals surface area contributed by atoms with Gasteiger partial charge in [-0.1, -0.05) is 42.5 Å². The molecule has 1 aliphatic heterocycles. The molecule has 0 bridgehead atoms. The highest BCUT2D eigenvalue weighted by atomic mass is 19.1. The number of halogens is 1. The highest BCUT2D eigenvalue weighted by Crippen LogP contribution is 2.20. The van der Waals surface area contributed by atoms with E-state index >= 15 is 0 Å². The van der Waals surface area contributed by atoms with Crippen LogP contribution in [0.5, 0.6) is 0 Å². The fraction of sp³-hybridized carbons (Fsp3) is 0.360. The Kier molecular flexibility index (Phi) is 7.38. The predicted octanol–water partition coefficient (Wildman–Crippen LogP) is 3.40. The standard InChI is InChI=1S/C25H31FN6/c1-2-27-25(31-18-16-30(17-19-31)23-11-7-6-10-22(23)26)29-13-12-24-28-14-15-32(24)20-21-8-4-3-5-9-21/h3-11,14-15H,2,12-13,16-20H2,1H3,(H,27,29). The second kappa shape index (κ2) is 10.8. The number of piperazine rings is 1. The molecule has 3 aromatic rings. The number of hydrogen-bond donors (Lipinski definition) is 1. The molecular weight excluding hydrogens is 403 g/mol. The summed E-state index contributed by atoms with van der Waals surface area (Å²) in [6, 6.07) is 17.4. The first-order valence-corrected chi connectivity index (χ1v) is 11.3. The number of anilines is 1. The van der Waals surface area contributed by atoms with Crippen LogP contribution in [0.4, 0.5) is 10.1 Å². The summed E-state index contributed by atoms with van der Waals surface area (Å²) >= 11 is 0. The zero-order chi connectivity index (χ0) is 22.2. The van der Waals surface area contributed by atoms with E-state index in [-0.39, 0.29) is 5.82 Å². The molecule has 0 spiro atoms. The molecule has 2 heterocycles. The Balaban J connectivity index is 1.34. The van der Waals surface area contributed by atoms with E-state index in [4.69, 9.17) is 4.99 Å². The number of para-hydroxylation sites is 1. The Morgan fingerprint density at radius 2 is 1.78 bits per heavy atom. The van der Waals surface area contributed by atoms with Crippen LogP contribution in [0.1, 0.15) is 18.3 Å². The third-order valence-corrected chi connectivity index (χ3v) is 5.70. The molecule has 0 saturated carbocycles. The van der Waals surface area contributed by atoms with Gasteiger partial charge in [0.2, 0.25) is 0 Å². The van der Waals surface area contributed by atoms with Crippen molar-refractivity contribution in [3.8, 4) is 0 Å². The third kappa shape index (κ3) is 5.46. The maximum atomic E-state index is 14.1. The van der Waals surface area contributed by atoms with E-state index in [0.29, 0.717) is 12.2 Å². The van der Waals surface area contributed by atoms with Crippen LogP contribution >= 0.6 is 0 Å². The van der Waals surface area contributed by atoms with Crippen molar-refractivity contribution in [2.45, 2.75) is 19.9 Å². The minimum Gasteiger partial charge on any atom is -0.366 e. The Morgan fingerprint density at radius 1 is 1.03 bits per heavy atom. The molecule has 2 aromatic carbocycles. The van der Waals surface area contributed by atoms with Crippen molar-refractivity contribution in [3.63, 3.8) is 0 Å². The van der Waals surface area contributed by atoms with E-state index in [1.165, 1.54) is 11.6 Å². The second-order valence-corrected chi connectivity index (χ2v) is 7.87. The number of rotatable bonds is 7. The van der Waals surface area contributed by atoms with Gasteiger partial charge in [0.15, 0.2) is 5.96 Å². The van der Waals surface area contributed by atoms with Gasteiger partial charge in [0.25, 0.3) is 0 Å². The van der Waals surface area contributed by atoms with Crippen molar-refractivity contribution in [3.05, 3.63) is 84.2 Å². The molecule has 1 aliphatic rings. The lowest BCUT2D eigenvalue weighted by atomic mass is 10.2. The van der Waals surface area contributed by atoms with Crippen LogP contribution in [-0.4, -0.2) is 59.7 Å². The first kappa shape index (κ1) is 21.9. The first-order chi connectivity index (χ1) is 15.7. The minimum absolute atomic E-state index is 0.160. The van der Waals surface area contributed by atoms with Gasteiger partial charge in [-0.3, -0.25) is 4.99 Å². The molecule has 7 heteroatoms. The molecule has 0 unspecified atom stereocenters. The summed E-state index contributed by atoms with van der Waals surface area (Å²) < 4.78 is 16.3. The fourth-order valence-electron chi connectivity index (χ4n) is 4.05. The quantitative estimate of drug-likeness (QED) is 0.457. The van der Waals surface area contributed by atoms with Gasteiger partial charge in [0.1, 0.15) is 11.6 Å². The number of nitrogens with zero attached hydrogens (tertiary/aromatic N) is 5. The van der Waals surface area contributed by atoms with Gasteiger partial charge < -0.3 is 19.7 Å². The van der Waals surface area contributed by atoms with E-state index in [2.05, 4.69) is 55.9 Å². The van der Waals surface area contributed by atoms with Gasteiger partial charge in [-0.2, -0.15) is 0 Å². The normalized spacial score (nSPS) is 14.6. The molecular formula is C25H31FN6. The Labute approximate surface area is 189 Å². The van der Waals surface area contributed by atoms with Crippen LogP contribution in [0, 0.1) is 5.82 Å². The average Bonchev–Trinajstić information content (AvgIpc) is 3.26. The largest absolute Gasteiger partial charge is 0.366 e. The van der Waals surface area contributed by atoms with E-state index in [1.54, 1.807) is 6.07 Å². The van der Waals surface area contributed by atoms with E-state index in [1.807, 2.05) is 30.6 Å². The van der Waals surface area contributed by atoms with Crippen LogP contribution in [0.15, 0.2) is 72.0 Å². The lowest BCUT2D eigenvalue weighted by molar-refractivity contribution is 0.371. The topological polar surface area (TPSA) is 48.7 Å². The van der Waals surface area contributed by atoms with E-state index in [9.17, 15) is 4.39 Å². The van der Waals surface area contributed by atoms with Crippen molar-refractivity contribution >= 4 is 11.6 Å². The summed E-state index contributed by atoms with van der Waals surface area (Å²) in [4.78, 5) is 13.8. The summed E-state index contributed by atoms with van der Waals surface area (Å²) in [6.07, 6.45) is 4.66. The van der Waals surface area contributed by atoms with Crippen LogP contribution in [0.25, 0.3) is 0 Å². The zero-order valence-corrected chi connectivity index (χ0v) is 18.6. The summed E-state index contributed by atoms with van der Waals surface area (Å²) in [7, 11) is 0. The van der Waals surface area contributed by atoms with Crippen molar-refractivity contribution in [2.24, 2.45) is 4.99 Å². The van der Waals surface area contributed by atoms with Gasteiger partial charge in [0, 0.05) is 64.6 Å². The number of nitrogens with one attached hydrogen (secondary N) is 1. The number of hydrogen-bond acceptors (Lipinski definition) is 3. The summed E-state index contributed by atoms with van der Waals surface area (Å²) in [6.45, 7) is 7.54. The molecule has 4 rings (SSSR count). The second-order valence-electron chi connectivity index (χ2n) is 7.87. The van der Waals surface area contributed by atoms with Crippen molar-refractivity contribution in [1.82, 2.24) is 19.8 Å². The molecule has 0 aliphatic carbocycles. The molecule has 0 radical (unpaired) electrons. The van der Waals surface area contributed by atoms with Gasteiger partial charge in [-0.25, -0.2) is 9.37 Å². The van der Waals surface area contributed by atoms with Gasteiger partial charge in [-0.05, 0) is 24.6 Å². The number of benzene rings is 2. The third-order valence-electron chi connectivity index (χ3n) is 5.70. The van der Waals surface area contributed by atoms with Crippen molar-refractivity contribution in [2.75, 3.05) is 44.2 Å². The van der Waals surface area contributed by atoms with Crippen LogP contribution in [0.3, 0.4) is 0 Å². The summed E-state index contributed by atoms with van der Waals surface area (Å²) in [5.74, 6) is 1.80. The lowest BCUT2D eigenvalue weighted by Gasteiger charge is -2.37. The molecule has 168 valence electrons. The summed E-state index contributed by atoms with van der Waals surface area (Å²) in [5.41, 5.74) is 1.94. The smallest absolute Gasteiger partial charge is 0.194 e. The van der Waals surface area contributed by atoms with Gasteiger partial charge >= 0.3 is 0 Å². The maximum absolute atomic E-state index is 14.1. The molecule has 32 heavy (non-hydrogen) atoms. The summed E-state index contributed by atoms with van der Waals surface area (Å²) in [5, 5.41) is 3.41. The fourth-order valence-corrected chi connectivity index (χ4v) is 4.05. The van der Waals surface area contributed by atoms with Gasteiger partial charge in [-0.15, -0.1) is 0 Å². The average molecular weight is 435 g/mol. The number of aromatic nitrogens is 2. The van der Waals surface area contributed by atoms with Crippen LogP contribution < -0.4 is 10.2 Å². The highest BCUT2D eigenvalue weighted by molar-refractivity contribution is 5.80. The van der Waals surface area contributed by atoms with Crippen LogP contribution in [0.2, 0.25) is 0 Å². The van der Waals surface area contributed by atoms with Crippen LogP contribution in [-0.2, 0) is 13.0 Å².